The van der Waals surface area contributed by atoms with Crippen molar-refractivity contribution >= 4 is 5.91 Å². The van der Waals surface area contributed by atoms with Gasteiger partial charge in [-0.2, -0.15) is 0 Å². The molecule has 1 amide bonds. The molecule has 0 bridgehead atoms. The van der Waals surface area contributed by atoms with E-state index in [4.69, 9.17) is 0 Å². The Hall–Kier alpha value is -1.31. The van der Waals surface area contributed by atoms with Gasteiger partial charge in [-0.1, -0.05) is 37.3 Å². The molecule has 0 heterocycles. The van der Waals surface area contributed by atoms with Gasteiger partial charge in [0.1, 0.15) is 0 Å². The van der Waals surface area contributed by atoms with Crippen molar-refractivity contribution in [2.75, 3.05) is 6.54 Å². The van der Waals surface area contributed by atoms with E-state index >= 15 is 0 Å². The second-order valence-electron chi connectivity index (χ2n) is 4.15. The molecule has 80 valence electrons. The van der Waals surface area contributed by atoms with Crippen LogP contribution in [0.15, 0.2) is 30.3 Å². The molecule has 0 radical (unpaired) electrons. The van der Waals surface area contributed by atoms with Crippen molar-refractivity contribution in [2.24, 2.45) is 5.92 Å². The molecule has 15 heavy (non-hydrogen) atoms. The van der Waals surface area contributed by atoms with E-state index in [0.717, 1.165) is 19.4 Å². The molecule has 1 saturated carbocycles. The lowest BCUT2D eigenvalue weighted by Gasteiger charge is -2.02. The highest BCUT2D eigenvalue weighted by molar-refractivity contribution is 5.82. The highest BCUT2D eigenvalue weighted by Crippen LogP contribution is 2.47. The van der Waals surface area contributed by atoms with E-state index in [-0.39, 0.29) is 11.8 Å². The van der Waals surface area contributed by atoms with Gasteiger partial charge in [-0.05, 0) is 24.3 Å². The Morgan fingerprint density at radius 3 is 2.80 bits per heavy atom. The van der Waals surface area contributed by atoms with E-state index < -0.39 is 0 Å². The molecule has 2 unspecified atom stereocenters. The zero-order valence-electron chi connectivity index (χ0n) is 9.07. The fraction of sp³-hybridized carbons (Fsp3) is 0.462. The lowest BCUT2D eigenvalue weighted by atomic mass is 10.1. The van der Waals surface area contributed by atoms with Gasteiger partial charge in [0.05, 0.1) is 0 Å². The van der Waals surface area contributed by atoms with Crippen molar-refractivity contribution < 1.29 is 4.79 Å². The van der Waals surface area contributed by atoms with Crippen molar-refractivity contribution in [1.82, 2.24) is 5.32 Å². The molecule has 2 atom stereocenters. The summed E-state index contributed by atoms with van der Waals surface area (Å²) in [4.78, 5) is 11.6. The standard InChI is InChI=1S/C13H17NO/c1-2-8-14-13(15)12-9-11(12)10-6-4-3-5-7-10/h3-7,11-12H,2,8-9H2,1H3,(H,14,15). The molecular formula is C13H17NO. The summed E-state index contributed by atoms with van der Waals surface area (Å²) < 4.78 is 0. The SMILES string of the molecule is CCCNC(=O)C1CC1c1ccccc1. The smallest absolute Gasteiger partial charge is 0.223 e. The Morgan fingerprint density at radius 1 is 1.40 bits per heavy atom. The summed E-state index contributed by atoms with van der Waals surface area (Å²) in [5.41, 5.74) is 1.30. The van der Waals surface area contributed by atoms with E-state index in [0.29, 0.717) is 5.92 Å². The minimum Gasteiger partial charge on any atom is -0.356 e. The van der Waals surface area contributed by atoms with Crippen LogP contribution in [0.4, 0.5) is 0 Å². The number of hydrogen-bond acceptors (Lipinski definition) is 1. The van der Waals surface area contributed by atoms with Crippen LogP contribution < -0.4 is 5.32 Å². The fourth-order valence-electron chi connectivity index (χ4n) is 1.93. The highest BCUT2D eigenvalue weighted by atomic mass is 16.2. The third kappa shape index (κ3) is 2.38. The van der Waals surface area contributed by atoms with Gasteiger partial charge < -0.3 is 5.32 Å². The van der Waals surface area contributed by atoms with Gasteiger partial charge in [0.15, 0.2) is 0 Å². The van der Waals surface area contributed by atoms with Gasteiger partial charge >= 0.3 is 0 Å². The average molecular weight is 203 g/mol. The number of carbonyl (C=O) groups excluding carboxylic acids is 1. The van der Waals surface area contributed by atoms with Gasteiger partial charge in [-0.15, -0.1) is 0 Å². The van der Waals surface area contributed by atoms with Gasteiger partial charge in [0, 0.05) is 12.5 Å². The van der Waals surface area contributed by atoms with Crippen LogP contribution in [0.25, 0.3) is 0 Å². The molecule has 2 heteroatoms. The van der Waals surface area contributed by atoms with Crippen LogP contribution in [0.5, 0.6) is 0 Å². The molecular weight excluding hydrogens is 186 g/mol. The number of carbonyl (C=O) groups is 1. The van der Waals surface area contributed by atoms with Crippen LogP contribution in [-0.4, -0.2) is 12.5 Å². The van der Waals surface area contributed by atoms with E-state index in [9.17, 15) is 4.79 Å². The minimum atomic E-state index is 0.221. The maximum Gasteiger partial charge on any atom is 0.223 e. The third-order valence-electron chi connectivity index (χ3n) is 2.90. The lowest BCUT2D eigenvalue weighted by molar-refractivity contribution is -0.122. The van der Waals surface area contributed by atoms with Crippen molar-refractivity contribution in [3.8, 4) is 0 Å². The molecule has 2 nitrogen and oxygen atoms in total. The van der Waals surface area contributed by atoms with Crippen LogP contribution in [0.3, 0.4) is 0 Å². The summed E-state index contributed by atoms with van der Waals surface area (Å²) in [5, 5.41) is 2.96. The Bertz CT molecular complexity index is 334. The molecule has 2 rings (SSSR count). The summed E-state index contributed by atoms with van der Waals surface area (Å²) >= 11 is 0. The van der Waals surface area contributed by atoms with Crippen molar-refractivity contribution in [1.29, 1.82) is 0 Å². The number of rotatable bonds is 4. The van der Waals surface area contributed by atoms with E-state index in [1.807, 2.05) is 18.2 Å². The first-order valence-electron chi connectivity index (χ1n) is 5.65. The van der Waals surface area contributed by atoms with Crippen LogP contribution in [0.2, 0.25) is 0 Å². The maximum atomic E-state index is 11.6. The van der Waals surface area contributed by atoms with E-state index in [1.165, 1.54) is 5.56 Å². The number of nitrogens with one attached hydrogen (secondary N) is 1. The van der Waals surface area contributed by atoms with Crippen LogP contribution in [-0.2, 0) is 4.79 Å². The Balaban J connectivity index is 1.88. The summed E-state index contributed by atoms with van der Waals surface area (Å²) in [5.74, 6) is 0.910. The summed E-state index contributed by atoms with van der Waals surface area (Å²) in [7, 11) is 0. The molecule has 1 aliphatic carbocycles. The minimum absolute atomic E-state index is 0.221. The van der Waals surface area contributed by atoms with E-state index in [2.05, 4.69) is 24.4 Å². The Kier molecular flexibility index (Phi) is 3.05. The predicted octanol–water partition coefficient (Wildman–Crippen LogP) is 2.32. The van der Waals surface area contributed by atoms with Crippen LogP contribution in [0.1, 0.15) is 31.2 Å². The highest BCUT2D eigenvalue weighted by Gasteiger charge is 2.43. The van der Waals surface area contributed by atoms with Crippen LogP contribution in [0, 0.1) is 5.92 Å². The molecule has 0 spiro atoms. The fourth-order valence-corrected chi connectivity index (χ4v) is 1.93. The third-order valence-corrected chi connectivity index (χ3v) is 2.90. The molecule has 1 aromatic carbocycles. The van der Waals surface area contributed by atoms with Crippen molar-refractivity contribution in [2.45, 2.75) is 25.7 Å². The molecule has 0 saturated heterocycles. The van der Waals surface area contributed by atoms with Gasteiger partial charge in [0.2, 0.25) is 5.91 Å². The summed E-state index contributed by atoms with van der Waals surface area (Å²) in [6.07, 6.45) is 2.02. The normalized spacial score (nSPS) is 23.5. The maximum absolute atomic E-state index is 11.6. The number of hydrogen-bond donors (Lipinski definition) is 1. The van der Waals surface area contributed by atoms with Crippen LogP contribution >= 0.6 is 0 Å². The largest absolute Gasteiger partial charge is 0.356 e. The molecule has 1 aliphatic rings. The monoisotopic (exact) mass is 203 g/mol. The zero-order chi connectivity index (χ0) is 10.7. The first-order valence-corrected chi connectivity index (χ1v) is 5.65. The molecule has 0 aromatic heterocycles. The first-order chi connectivity index (χ1) is 7.33. The Labute approximate surface area is 90.7 Å². The topological polar surface area (TPSA) is 29.1 Å². The number of amides is 1. The predicted molar refractivity (Wildman–Crippen MR) is 60.6 cm³/mol. The first kappa shape index (κ1) is 10.2. The molecule has 0 aliphatic heterocycles. The lowest BCUT2D eigenvalue weighted by Crippen LogP contribution is -2.25. The summed E-state index contributed by atoms with van der Waals surface area (Å²) in [6.45, 7) is 2.87. The zero-order valence-corrected chi connectivity index (χ0v) is 9.07. The second-order valence-corrected chi connectivity index (χ2v) is 4.15. The second kappa shape index (κ2) is 4.47. The van der Waals surface area contributed by atoms with Gasteiger partial charge in [0.25, 0.3) is 0 Å². The van der Waals surface area contributed by atoms with Gasteiger partial charge in [-0.25, -0.2) is 0 Å². The average Bonchev–Trinajstić information content (AvgIpc) is 3.07. The van der Waals surface area contributed by atoms with Gasteiger partial charge in [-0.3, -0.25) is 4.79 Å². The molecule has 1 aromatic rings. The van der Waals surface area contributed by atoms with E-state index in [1.54, 1.807) is 0 Å². The summed E-state index contributed by atoms with van der Waals surface area (Å²) in [6, 6.07) is 10.3. The number of benzene rings is 1. The molecule has 1 N–H and O–H groups in total. The Morgan fingerprint density at radius 2 is 2.13 bits per heavy atom. The van der Waals surface area contributed by atoms with Crippen molar-refractivity contribution in [3.63, 3.8) is 0 Å². The molecule has 1 fully saturated rings. The van der Waals surface area contributed by atoms with Crippen molar-refractivity contribution in [3.05, 3.63) is 35.9 Å². The quantitative estimate of drug-likeness (QED) is 0.799.